The molecule has 5 atom stereocenters. The molecule has 5 N–H and O–H groups in total. The molecule has 2 aromatic heterocycles. The molecule has 1 saturated heterocycles. The van der Waals surface area contributed by atoms with E-state index in [9.17, 15) is 15.3 Å². The van der Waals surface area contributed by atoms with Crippen LogP contribution in [-0.4, -0.2) is 64.8 Å². The Morgan fingerprint density at radius 1 is 1.39 bits per heavy atom. The standard InChI is InChI=1S/C13H19N5O4S/c1-5-17-8-11(14)15-4-16-12(8)18(5)13-10(21)9(20)6(22-13)3-7(19)23-2/h4,6-7,9-10,13,19-21H,3H2,1-2H3,(H2,14,15,16)/t6?,7?,9-,10-,13-/m1/s1. The number of nitrogens with two attached hydrogens (primary N) is 1. The summed E-state index contributed by atoms with van der Waals surface area (Å²) < 4.78 is 7.37. The second kappa shape index (κ2) is 6.21. The molecule has 2 aromatic rings. The lowest BCUT2D eigenvalue weighted by Crippen LogP contribution is -2.33. The predicted octanol–water partition coefficient (Wildman–Crippen LogP) is -0.592. The molecule has 0 amide bonds. The zero-order valence-electron chi connectivity index (χ0n) is 12.7. The van der Waals surface area contributed by atoms with Crippen LogP contribution in [-0.2, 0) is 4.74 Å². The average molecular weight is 341 g/mol. The third kappa shape index (κ3) is 2.76. The molecule has 126 valence electrons. The van der Waals surface area contributed by atoms with Gasteiger partial charge in [-0.2, -0.15) is 0 Å². The van der Waals surface area contributed by atoms with Crippen molar-refractivity contribution in [2.75, 3.05) is 12.0 Å². The number of thioether (sulfide) groups is 1. The number of aryl methyl sites for hydroxylation is 1. The molecule has 0 saturated carbocycles. The SMILES string of the molecule is CSC(O)CC1O[C@@H](n2c(C)nc3c(N)ncnc32)[C@H](O)[C@@H]1O. The summed E-state index contributed by atoms with van der Waals surface area (Å²) >= 11 is 1.25. The molecule has 23 heavy (non-hydrogen) atoms. The van der Waals surface area contributed by atoms with E-state index in [2.05, 4.69) is 15.0 Å². The van der Waals surface area contributed by atoms with Crippen molar-refractivity contribution in [3.63, 3.8) is 0 Å². The van der Waals surface area contributed by atoms with Gasteiger partial charge < -0.3 is 25.8 Å². The normalized spacial score (nSPS) is 29.3. The van der Waals surface area contributed by atoms with E-state index in [-0.39, 0.29) is 12.2 Å². The van der Waals surface area contributed by atoms with Crippen LogP contribution in [0.1, 0.15) is 18.5 Å². The van der Waals surface area contributed by atoms with E-state index in [1.54, 1.807) is 17.7 Å². The molecule has 10 heteroatoms. The van der Waals surface area contributed by atoms with Gasteiger partial charge in [-0.3, -0.25) is 4.57 Å². The second-order valence-corrected chi connectivity index (χ2v) is 6.45. The molecule has 1 aliphatic heterocycles. The van der Waals surface area contributed by atoms with Crippen molar-refractivity contribution in [2.24, 2.45) is 0 Å². The second-order valence-electron chi connectivity index (χ2n) is 5.43. The lowest BCUT2D eigenvalue weighted by atomic mass is 10.1. The predicted molar refractivity (Wildman–Crippen MR) is 84.5 cm³/mol. The minimum Gasteiger partial charge on any atom is -0.388 e. The molecule has 1 fully saturated rings. The van der Waals surface area contributed by atoms with E-state index in [4.69, 9.17) is 10.5 Å². The van der Waals surface area contributed by atoms with E-state index in [0.29, 0.717) is 17.0 Å². The van der Waals surface area contributed by atoms with E-state index >= 15 is 0 Å². The number of imidazole rings is 1. The summed E-state index contributed by atoms with van der Waals surface area (Å²) in [6.07, 6.45) is -0.551. The maximum atomic E-state index is 10.4. The Kier molecular flexibility index (Phi) is 4.43. The van der Waals surface area contributed by atoms with Gasteiger partial charge in [-0.05, 0) is 13.2 Å². The average Bonchev–Trinajstić information content (AvgIpc) is 2.99. The van der Waals surface area contributed by atoms with Crippen molar-refractivity contribution in [3.05, 3.63) is 12.2 Å². The monoisotopic (exact) mass is 341 g/mol. The van der Waals surface area contributed by atoms with Crippen molar-refractivity contribution in [2.45, 2.75) is 43.3 Å². The first-order valence-corrected chi connectivity index (χ1v) is 8.40. The number of anilines is 1. The third-order valence-electron chi connectivity index (χ3n) is 3.98. The van der Waals surface area contributed by atoms with Gasteiger partial charge in [0.2, 0.25) is 0 Å². The van der Waals surface area contributed by atoms with E-state index < -0.39 is 30.0 Å². The highest BCUT2D eigenvalue weighted by molar-refractivity contribution is 7.99. The fourth-order valence-electron chi connectivity index (χ4n) is 2.77. The first-order chi connectivity index (χ1) is 10.9. The van der Waals surface area contributed by atoms with Crippen LogP contribution in [0.3, 0.4) is 0 Å². The van der Waals surface area contributed by atoms with Crippen molar-refractivity contribution in [1.82, 2.24) is 19.5 Å². The Morgan fingerprint density at radius 3 is 2.83 bits per heavy atom. The maximum absolute atomic E-state index is 10.4. The fourth-order valence-corrected chi connectivity index (χ4v) is 3.15. The van der Waals surface area contributed by atoms with Gasteiger partial charge in [0, 0.05) is 6.42 Å². The van der Waals surface area contributed by atoms with Crippen LogP contribution in [0.5, 0.6) is 0 Å². The third-order valence-corrected chi connectivity index (χ3v) is 4.72. The zero-order chi connectivity index (χ0) is 16.7. The lowest BCUT2D eigenvalue weighted by molar-refractivity contribution is -0.0434. The molecule has 3 rings (SSSR count). The Bertz CT molecular complexity index is 711. The molecular weight excluding hydrogens is 322 g/mol. The van der Waals surface area contributed by atoms with Crippen molar-refractivity contribution in [3.8, 4) is 0 Å². The van der Waals surface area contributed by atoms with Gasteiger partial charge in [0.05, 0.1) is 6.10 Å². The topological polar surface area (TPSA) is 140 Å². The van der Waals surface area contributed by atoms with Crippen LogP contribution >= 0.6 is 11.8 Å². The summed E-state index contributed by atoms with van der Waals surface area (Å²) in [5.74, 6) is 0.772. The van der Waals surface area contributed by atoms with Crippen molar-refractivity contribution >= 4 is 28.7 Å². The number of nitrogens with zero attached hydrogens (tertiary/aromatic N) is 4. The smallest absolute Gasteiger partial charge is 0.167 e. The number of ether oxygens (including phenoxy) is 1. The zero-order valence-corrected chi connectivity index (χ0v) is 13.5. The molecule has 9 nitrogen and oxygen atoms in total. The van der Waals surface area contributed by atoms with Gasteiger partial charge in [-0.25, -0.2) is 15.0 Å². The molecule has 0 aromatic carbocycles. The molecule has 0 radical (unpaired) electrons. The minimum absolute atomic E-state index is 0.207. The first-order valence-electron chi connectivity index (χ1n) is 7.11. The number of aliphatic hydroxyl groups is 3. The number of nitrogen functional groups attached to an aromatic ring is 1. The largest absolute Gasteiger partial charge is 0.388 e. The summed E-state index contributed by atoms with van der Waals surface area (Å²) in [5.41, 5.74) is 5.96. The number of hydrogen-bond acceptors (Lipinski definition) is 9. The number of aromatic nitrogens is 4. The van der Waals surface area contributed by atoms with Crippen LogP contribution in [0.2, 0.25) is 0 Å². The van der Waals surface area contributed by atoms with Gasteiger partial charge in [-0.15, -0.1) is 11.8 Å². The first kappa shape index (κ1) is 16.4. The van der Waals surface area contributed by atoms with Crippen molar-refractivity contribution < 1.29 is 20.1 Å². The summed E-state index contributed by atoms with van der Waals surface area (Å²) in [4.78, 5) is 12.3. The van der Waals surface area contributed by atoms with Crippen LogP contribution in [0.4, 0.5) is 5.82 Å². The molecule has 2 unspecified atom stereocenters. The summed E-state index contributed by atoms with van der Waals surface area (Å²) in [6.45, 7) is 1.73. The van der Waals surface area contributed by atoms with Gasteiger partial charge in [0.15, 0.2) is 23.2 Å². The number of hydrogen-bond donors (Lipinski definition) is 4. The summed E-state index contributed by atoms with van der Waals surface area (Å²) in [6, 6.07) is 0. The number of fused-ring (bicyclic) bond motifs is 1. The van der Waals surface area contributed by atoms with Gasteiger partial charge in [0.1, 0.15) is 29.8 Å². The highest BCUT2D eigenvalue weighted by Crippen LogP contribution is 2.35. The lowest BCUT2D eigenvalue weighted by Gasteiger charge is -2.18. The van der Waals surface area contributed by atoms with Gasteiger partial charge >= 0.3 is 0 Å². The van der Waals surface area contributed by atoms with Gasteiger partial charge in [0.25, 0.3) is 0 Å². The number of rotatable bonds is 4. The van der Waals surface area contributed by atoms with E-state index in [1.807, 2.05) is 0 Å². The fraction of sp³-hybridized carbons (Fsp3) is 0.615. The Balaban J connectivity index is 1.96. The molecular formula is C13H19N5O4S. The quantitative estimate of drug-likeness (QED) is 0.537. The van der Waals surface area contributed by atoms with Crippen LogP contribution in [0.15, 0.2) is 6.33 Å². The summed E-state index contributed by atoms with van der Waals surface area (Å²) in [5, 5.41) is 30.3. The Labute approximate surface area is 136 Å². The molecule has 1 aliphatic rings. The minimum atomic E-state index is -1.17. The van der Waals surface area contributed by atoms with Crippen LogP contribution in [0.25, 0.3) is 11.2 Å². The Hall–Kier alpha value is -1.46. The molecule has 0 aliphatic carbocycles. The molecule has 0 bridgehead atoms. The Morgan fingerprint density at radius 2 is 2.13 bits per heavy atom. The van der Waals surface area contributed by atoms with E-state index in [0.717, 1.165) is 0 Å². The van der Waals surface area contributed by atoms with Crippen LogP contribution in [0, 0.1) is 6.92 Å². The summed E-state index contributed by atoms with van der Waals surface area (Å²) in [7, 11) is 0. The highest BCUT2D eigenvalue weighted by atomic mass is 32.2. The maximum Gasteiger partial charge on any atom is 0.167 e. The number of aliphatic hydroxyl groups excluding tert-OH is 3. The molecule has 0 spiro atoms. The highest BCUT2D eigenvalue weighted by Gasteiger charge is 2.45. The molecule has 3 heterocycles. The van der Waals surface area contributed by atoms with Gasteiger partial charge in [-0.1, -0.05) is 0 Å². The van der Waals surface area contributed by atoms with Crippen molar-refractivity contribution in [1.29, 1.82) is 0 Å². The van der Waals surface area contributed by atoms with E-state index in [1.165, 1.54) is 18.1 Å². The van der Waals surface area contributed by atoms with Crippen LogP contribution < -0.4 is 5.73 Å².